The average molecular weight is 417 g/mol. The van der Waals surface area contributed by atoms with Gasteiger partial charge in [-0.15, -0.1) is 0 Å². The highest BCUT2D eigenvalue weighted by Crippen LogP contribution is 2.25. The summed E-state index contributed by atoms with van der Waals surface area (Å²) in [6.45, 7) is 5.73. The first-order valence-electron chi connectivity index (χ1n) is 9.24. The number of rotatable bonds is 7. The van der Waals surface area contributed by atoms with E-state index in [0.717, 1.165) is 0 Å². The Morgan fingerprint density at radius 2 is 1.80 bits per heavy atom. The predicted octanol–water partition coefficient (Wildman–Crippen LogP) is 3.36. The topological polar surface area (TPSA) is 100 Å². The Labute approximate surface area is 175 Å². The number of esters is 1. The minimum absolute atomic E-state index is 0.134. The van der Waals surface area contributed by atoms with E-state index in [0.29, 0.717) is 22.7 Å². The molecule has 0 aromatic carbocycles. The molecule has 9 heteroatoms. The van der Waals surface area contributed by atoms with E-state index >= 15 is 0 Å². The summed E-state index contributed by atoms with van der Waals surface area (Å²) in [5.74, 6) is -0.195. The number of carbonyl (C=O) groups excluding carboxylic acids is 2. The maximum Gasteiger partial charge on any atom is 0.415 e. The van der Waals surface area contributed by atoms with Crippen molar-refractivity contribution >= 4 is 17.7 Å². The van der Waals surface area contributed by atoms with E-state index in [1.807, 2.05) is 0 Å². The number of hydrogen-bond acceptors (Lipinski definition) is 8. The summed E-state index contributed by atoms with van der Waals surface area (Å²) in [4.78, 5) is 34.5. The Kier molecular flexibility index (Phi) is 7.71. The molecule has 0 aliphatic carbocycles. The van der Waals surface area contributed by atoms with Crippen LogP contribution in [0.3, 0.4) is 0 Å². The molecule has 2 heterocycles. The van der Waals surface area contributed by atoms with E-state index in [-0.39, 0.29) is 18.8 Å². The number of carbonyl (C=O) groups is 2. The normalized spacial score (nSPS) is 11.0. The predicted molar refractivity (Wildman–Crippen MR) is 109 cm³/mol. The number of ether oxygens (including phenoxy) is 4. The lowest BCUT2D eigenvalue weighted by Crippen LogP contribution is -2.36. The fourth-order valence-corrected chi connectivity index (χ4v) is 2.60. The molecule has 0 radical (unpaired) electrons. The molecule has 0 aliphatic rings. The number of methoxy groups -OCH3 is 3. The third-order valence-electron chi connectivity index (χ3n) is 3.96. The molecule has 2 aromatic heterocycles. The highest BCUT2D eigenvalue weighted by Gasteiger charge is 2.25. The zero-order chi connectivity index (χ0) is 22.3. The summed E-state index contributed by atoms with van der Waals surface area (Å²) in [6, 6.07) is 4.90. The highest BCUT2D eigenvalue weighted by molar-refractivity contribution is 5.89. The molecular formula is C21H27N3O6. The van der Waals surface area contributed by atoms with Gasteiger partial charge in [0.15, 0.2) is 0 Å². The fourth-order valence-electron chi connectivity index (χ4n) is 2.60. The van der Waals surface area contributed by atoms with Crippen LogP contribution in [0, 0.1) is 0 Å². The molecule has 9 nitrogen and oxygen atoms in total. The van der Waals surface area contributed by atoms with Crippen molar-refractivity contribution in [2.24, 2.45) is 0 Å². The number of nitrogens with zero attached hydrogens (tertiary/aromatic N) is 3. The van der Waals surface area contributed by atoms with Crippen LogP contribution in [0.15, 0.2) is 30.6 Å². The van der Waals surface area contributed by atoms with Crippen LogP contribution < -0.4 is 9.64 Å². The molecule has 0 saturated heterocycles. The SMILES string of the molecule is COCc1cc(C(=O)OC)ncc1CN(C(=O)OC(C)(C)C)c1ccnc(OC)c1. The molecular weight excluding hydrogens is 390 g/mol. The lowest BCUT2D eigenvalue weighted by Gasteiger charge is -2.28. The highest BCUT2D eigenvalue weighted by atomic mass is 16.6. The van der Waals surface area contributed by atoms with Crippen molar-refractivity contribution in [1.29, 1.82) is 0 Å². The zero-order valence-electron chi connectivity index (χ0n) is 18.1. The zero-order valence-corrected chi connectivity index (χ0v) is 18.1. The molecule has 0 saturated carbocycles. The lowest BCUT2D eigenvalue weighted by molar-refractivity contribution is 0.0571. The summed E-state index contributed by atoms with van der Waals surface area (Å²) in [5, 5.41) is 0. The van der Waals surface area contributed by atoms with Gasteiger partial charge in [-0.1, -0.05) is 0 Å². The number of hydrogen-bond donors (Lipinski definition) is 0. The third-order valence-corrected chi connectivity index (χ3v) is 3.96. The molecule has 0 bridgehead atoms. The van der Waals surface area contributed by atoms with E-state index < -0.39 is 17.7 Å². The minimum Gasteiger partial charge on any atom is -0.481 e. The van der Waals surface area contributed by atoms with E-state index in [4.69, 9.17) is 18.9 Å². The quantitative estimate of drug-likeness (QED) is 0.632. The summed E-state index contributed by atoms with van der Waals surface area (Å²) in [7, 11) is 4.33. The standard InChI is InChI=1S/C21H27N3O6/c1-21(2,3)30-20(26)24(16-7-8-22-18(10-16)28-5)12-15-11-23-17(19(25)29-6)9-14(15)13-27-4/h7-11H,12-13H2,1-6H3. The third kappa shape index (κ3) is 6.15. The first kappa shape index (κ1) is 23.1. The maximum atomic E-state index is 13.0. The van der Waals surface area contributed by atoms with Crippen LogP contribution in [0.2, 0.25) is 0 Å². The van der Waals surface area contributed by atoms with Gasteiger partial charge in [0.2, 0.25) is 5.88 Å². The van der Waals surface area contributed by atoms with Gasteiger partial charge in [0.1, 0.15) is 11.3 Å². The van der Waals surface area contributed by atoms with E-state index in [9.17, 15) is 9.59 Å². The Morgan fingerprint density at radius 1 is 1.07 bits per heavy atom. The molecule has 0 unspecified atom stereocenters. The number of amides is 1. The monoisotopic (exact) mass is 417 g/mol. The second-order valence-corrected chi connectivity index (χ2v) is 7.39. The van der Waals surface area contributed by atoms with Gasteiger partial charge in [0, 0.05) is 25.6 Å². The Morgan fingerprint density at radius 3 is 2.40 bits per heavy atom. The van der Waals surface area contributed by atoms with Crippen molar-refractivity contribution in [1.82, 2.24) is 9.97 Å². The Hall–Kier alpha value is -3.20. The molecule has 0 aliphatic heterocycles. The van der Waals surface area contributed by atoms with Gasteiger partial charge in [-0.05, 0) is 44.0 Å². The van der Waals surface area contributed by atoms with Crippen LogP contribution in [-0.4, -0.2) is 49.0 Å². The largest absolute Gasteiger partial charge is 0.481 e. The average Bonchev–Trinajstić information content (AvgIpc) is 2.71. The van der Waals surface area contributed by atoms with Gasteiger partial charge in [0.25, 0.3) is 0 Å². The second kappa shape index (κ2) is 10.0. The smallest absolute Gasteiger partial charge is 0.415 e. The lowest BCUT2D eigenvalue weighted by atomic mass is 10.1. The minimum atomic E-state index is -0.686. The molecule has 0 fully saturated rings. The van der Waals surface area contributed by atoms with E-state index in [1.54, 1.807) is 52.3 Å². The van der Waals surface area contributed by atoms with Crippen LogP contribution in [0.5, 0.6) is 5.88 Å². The summed E-state index contributed by atoms with van der Waals surface area (Å²) >= 11 is 0. The van der Waals surface area contributed by atoms with Gasteiger partial charge in [-0.25, -0.2) is 19.6 Å². The molecule has 2 aromatic rings. The van der Waals surface area contributed by atoms with Gasteiger partial charge in [-0.2, -0.15) is 0 Å². The van der Waals surface area contributed by atoms with Crippen LogP contribution in [0.25, 0.3) is 0 Å². The molecule has 30 heavy (non-hydrogen) atoms. The van der Waals surface area contributed by atoms with Crippen molar-refractivity contribution in [2.45, 2.75) is 39.5 Å². The first-order chi connectivity index (χ1) is 14.2. The van der Waals surface area contributed by atoms with Gasteiger partial charge in [0.05, 0.1) is 33.1 Å². The molecule has 1 amide bonds. The molecule has 0 atom stereocenters. The van der Waals surface area contributed by atoms with Crippen molar-refractivity contribution in [3.8, 4) is 5.88 Å². The summed E-state index contributed by atoms with van der Waals surface area (Å²) < 4.78 is 20.7. The van der Waals surface area contributed by atoms with Crippen molar-refractivity contribution in [2.75, 3.05) is 26.2 Å². The number of aromatic nitrogens is 2. The Bertz CT molecular complexity index is 895. The van der Waals surface area contributed by atoms with Crippen LogP contribution >= 0.6 is 0 Å². The number of anilines is 1. The molecule has 0 spiro atoms. The van der Waals surface area contributed by atoms with Crippen LogP contribution in [0.1, 0.15) is 42.4 Å². The summed E-state index contributed by atoms with van der Waals surface area (Å²) in [6.07, 6.45) is 2.52. The van der Waals surface area contributed by atoms with E-state index in [2.05, 4.69) is 9.97 Å². The van der Waals surface area contributed by atoms with E-state index in [1.165, 1.54) is 25.3 Å². The van der Waals surface area contributed by atoms with Gasteiger partial charge >= 0.3 is 12.1 Å². The van der Waals surface area contributed by atoms with Crippen LogP contribution in [0.4, 0.5) is 10.5 Å². The molecule has 2 rings (SSSR count). The van der Waals surface area contributed by atoms with Crippen molar-refractivity contribution < 1.29 is 28.5 Å². The number of pyridine rings is 2. The van der Waals surface area contributed by atoms with Crippen LogP contribution in [-0.2, 0) is 27.4 Å². The first-order valence-corrected chi connectivity index (χ1v) is 9.24. The maximum absolute atomic E-state index is 13.0. The summed E-state index contributed by atoms with van der Waals surface area (Å²) in [5.41, 5.74) is 1.39. The van der Waals surface area contributed by atoms with Gasteiger partial charge < -0.3 is 18.9 Å². The molecule has 0 N–H and O–H groups in total. The fraction of sp³-hybridized carbons (Fsp3) is 0.429. The van der Waals surface area contributed by atoms with Gasteiger partial charge in [-0.3, -0.25) is 4.90 Å². The van der Waals surface area contributed by atoms with Crippen molar-refractivity contribution in [3.63, 3.8) is 0 Å². The van der Waals surface area contributed by atoms with Crippen molar-refractivity contribution in [3.05, 3.63) is 47.4 Å². The second-order valence-electron chi connectivity index (χ2n) is 7.39. The Balaban J connectivity index is 2.46. The molecule has 162 valence electrons.